The minimum Gasteiger partial charge on any atom is -0.508 e. The number of aromatic nitrogens is 3. The van der Waals surface area contributed by atoms with Crippen molar-refractivity contribution in [3.63, 3.8) is 0 Å². The highest BCUT2D eigenvalue weighted by Gasteiger charge is 2.46. The van der Waals surface area contributed by atoms with E-state index in [1.165, 1.54) is 51.1 Å². The molecule has 30 nitrogen and oxygen atoms in total. The van der Waals surface area contributed by atoms with Crippen LogP contribution >= 0.6 is 11.8 Å². The van der Waals surface area contributed by atoms with Gasteiger partial charge >= 0.3 is 5.97 Å². The quantitative estimate of drug-likeness (QED) is 0.0152. The van der Waals surface area contributed by atoms with Crippen LogP contribution in [0.1, 0.15) is 114 Å². The van der Waals surface area contributed by atoms with Crippen molar-refractivity contribution in [1.82, 2.24) is 66.9 Å². The summed E-state index contributed by atoms with van der Waals surface area (Å²) in [5, 5.41) is 40.7. The predicted molar refractivity (Wildman–Crippen MR) is 387 cm³/mol. The Hall–Kier alpha value is -10.0. The van der Waals surface area contributed by atoms with E-state index >= 15 is 9.59 Å². The SMILES string of the molecule is CC[C@H](C)[C@H](N)C(=O)N1CCC[C@H]1C(=O)N[C@@H](Cc1cnc[nH]1)C(=O)N1CCC[C@H]1C(=O)N1CCC[C@H]1C(=O)N[C@@H](CCSC)C(=O)N[C@@H](Cc1ccc(O)cc1)C(=O)N[C@@H](Cc1c[nH]c2ccccc12)C(=O)N[C@@H](CCCN=C(N)N)C(=O)N[C@H](C(=O)N[C@@H](Cc1ccccc1)C(=O)O)C(C)C. The third-order valence-corrected chi connectivity index (χ3v) is 20.0. The fourth-order valence-corrected chi connectivity index (χ4v) is 13.8. The van der Waals surface area contributed by atoms with Crippen molar-refractivity contribution in [1.29, 1.82) is 0 Å². The number of nitrogens with two attached hydrogens (primary N) is 3. The first-order valence-corrected chi connectivity index (χ1v) is 36.7. The molecule has 0 radical (unpaired) electrons. The highest BCUT2D eigenvalue weighted by Crippen LogP contribution is 2.28. The number of carbonyl (C=O) groups is 11. The number of aliphatic carboxylic acids is 1. The molecular weight excluding hydrogens is 1340 g/mol. The number of para-hydroxylation sites is 1. The van der Waals surface area contributed by atoms with Crippen LogP contribution in [0.5, 0.6) is 5.75 Å². The van der Waals surface area contributed by atoms with Gasteiger partial charge in [0, 0.05) is 80.9 Å². The van der Waals surface area contributed by atoms with Crippen LogP contribution in [0.3, 0.4) is 0 Å². The molecule has 3 fully saturated rings. The van der Waals surface area contributed by atoms with E-state index in [2.05, 4.69) is 57.2 Å². The zero-order chi connectivity index (χ0) is 74.4. The van der Waals surface area contributed by atoms with Crippen molar-refractivity contribution in [3.8, 4) is 5.75 Å². The van der Waals surface area contributed by atoms with Crippen molar-refractivity contribution in [2.75, 3.05) is 38.2 Å². The number of benzene rings is 3. The Bertz CT molecular complexity index is 3780. The molecule has 10 amide bonds. The monoisotopic (exact) mass is 1440 g/mol. The number of imidazole rings is 1. The Labute approximate surface area is 602 Å². The summed E-state index contributed by atoms with van der Waals surface area (Å²) in [5.74, 6) is -8.66. The summed E-state index contributed by atoms with van der Waals surface area (Å²) in [6.45, 7) is 7.80. The zero-order valence-corrected chi connectivity index (χ0v) is 59.8. The molecule has 0 spiro atoms. The molecule has 0 saturated carbocycles. The molecule has 12 atom stereocenters. The number of phenolic OH excluding ortho intramolecular Hbond substituents is 1. The number of aromatic amines is 2. The molecule has 5 aromatic rings. The van der Waals surface area contributed by atoms with Gasteiger partial charge in [0.2, 0.25) is 59.1 Å². The number of hydrogen-bond donors (Lipinski definition) is 14. The summed E-state index contributed by atoms with van der Waals surface area (Å²) < 4.78 is 0. The van der Waals surface area contributed by atoms with Crippen LogP contribution in [-0.2, 0) is 78.4 Å². The molecule has 3 aliphatic heterocycles. The largest absolute Gasteiger partial charge is 0.508 e. The number of amides is 10. The molecule has 31 heteroatoms. The molecule has 3 aliphatic rings. The number of aromatic hydroxyl groups is 1. The summed E-state index contributed by atoms with van der Waals surface area (Å²) >= 11 is 1.39. The van der Waals surface area contributed by atoms with Gasteiger partial charge in [0.25, 0.3) is 0 Å². The van der Waals surface area contributed by atoms with Gasteiger partial charge in [-0.2, -0.15) is 11.8 Å². The van der Waals surface area contributed by atoms with Crippen LogP contribution in [0.4, 0.5) is 0 Å². The zero-order valence-electron chi connectivity index (χ0n) is 58.9. The van der Waals surface area contributed by atoms with E-state index in [1.54, 1.807) is 68.6 Å². The minimum atomic E-state index is -1.48. The smallest absolute Gasteiger partial charge is 0.326 e. The van der Waals surface area contributed by atoms with E-state index in [1.807, 2.05) is 38.3 Å². The van der Waals surface area contributed by atoms with E-state index in [9.17, 15) is 53.4 Å². The highest BCUT2D eigenvalue weighted by atomic mass is 32.2. The Morgan fingerprint density at radius 1 is 0.612 bits per heavy atom. The molecule has 17 N–H and O–H groups in total. The Morgan fingerprint density at radius 2 is 1.16 bits per heavy atom. The summed E-state index contributed by atoms with van der Waals surface area (Å²) in [6.07, 6.45) is 9.03. The number of rotatable bonds is 36. The lowest BCUT2D eigenvalue weighted by Crippen LogP contribution is -2.61. The highest BCUT2D eigenvalue weighted by molar-refractivity contribution is 7.98. The fraction of sp³-hybridized carbons (Fsp3) is 0.514. The second-order valence-electron chi connectivity index (χ2n) is 27.1. The maximum atomic E-state index is 15.2. The van der Waals surface area contributed by atoms with Gasteiger partial charge in [0.1, 0.15) is 66.2 Å². The molecule has 0 aliphatic carbocycles. The number of nitrogens with one attached hydrogen (secondary N) is 9. The van der Waals surface area contributed by atoms with Crippen LogP contribution in [0.25, 0.3) is 10.9 Å². The second-order valence-corrected chi connectivity index (χ2v) is 28.0. The molecule has 103 heavy (non-hydrogen) atoms. The summed E-state index contributed by atoms with van der Waals surface area (Å²) in [5.41, 5.74) is 20.6. The van der Waals surface area contributed by atoms with Crippen LogP contribution in [0, 0.1) is 11.8 Å². The van der Waals surface area contributed by atoms with Crippen LogP contribution < -0.4 is 54.4 Å². The van der Waals surface area contributed by atoms with Crippen molar-refractivity contribution in [3.05, 3.63) is 120 Å². The average molecular weight is 1440 g/mol. The third-order valence-electron chi connectivity index (χ3n) is 19.3. The number of guanidine groups is 1. The summed E-state index contributed by atoms with van der Waals surface area (Å²) in [4.78, 5) is 177. The topological polar surface area (TPSA) is 457 Å². The maximum Gasteiger partial charge on any atom is 0.326 e. The van der Waals surface area contributed by atoms with Gasteiger partial charge in [-0.25, -0.2) is 9.78 Å². The van der Waals surface area contributed by atoms with Crippen molar-refractivity contribution >= 4 is 93.7 Å². The number of carbonyl (C=O) groups excluding carboxylic acids is 10. The number of aliphatic imine (C=N–C) groups is 1. The first-order chi connectivity index (χ1) is 49.3. The van der Waals surface area contributed by atoms with Gasteiger partial charge in [-0.3, -0.25) is 52.9 Å². The number of carboxylic acids is 1. The molecule has 8 rings (SSSR count). The number of nitrogens with zero attached hydrogens (tertiary/aromatic N) is 5. The minimum absolute atomic E-state index is 0.00780. The Kier molecular flexibility index (Phi) is 28.8. The number of fused-ring (bicyclic) bond motifs is 1. The van der Waals surface area contributed by atoms with E-state index in [-0.39, 0.29) is 101 Å². The van der Waals surface area contributed by atoms with Gasteiger partial charge in [-0.05, 0) is 117 Å². The molecule has 556 valence electrons. The lowest BCUT2D eigenvalue weighted by atomic mass is 9.98. The molecule has 5 heterocycles. The van der Waals surface area contributed by atoms with Crippen LogP contribution in [0.2, 0.25) is 0 Å². The normalized spacial score (nSPS) is 18.4. The number of thioether (sulfide) groups is 1. The van der Waals surface area contributed by atoms with Crippen LogP contribution in [0.15, 0.2) is 103 Å². The average Bonchev–Trinajstić information content (AvgIpc) is 1.70. The molecule has 0 bridgehead atoms. The van der Waals surface area contributed by atoms with Gasteiger partial charge in [0.05, 0.1) is 12.4 Å². The molecule has 0 unspecified atom stereocenters. The van der Waals surface area contributed by atoms with Crippen molar-refractivity contribution < 1.29 is 63.0 Å². The number of hydrogen-bond acceptors (Lipinski definition) is 16. The number of phenols is 1. The summed E-state index contributed by atoms with van der Waals surface area (Å²) in [7, 11) is 0. The second kappa shape index (κ2) is 37.8. The van der Waals surface area contributed by atoms with E-state index in [0.29, 0.717) is 77.7 Å². The van der Waals surface area contributed by atoms with Crippen LogP contribution in [-0.4, -0.2) is 216 Å². The molecule has 2 aromatic heterocycles. The standard InChI is InChI=1S/C72H99N17O13S/c1-6-42(4)59(73)70(100)88-31-14-22-57(88)66(96)84-54(37-46-39-76-40-79-46)68(98)89-32-15-23-58(89)69(99)87-30-13-21-56(87)65(95)81-51(28-33-103-5)61(91)82-52(34-44-24-26-47(90)27-25-44)63(93)83-53(36-45-38-78-49-19-11-10-18-48(45)49)64(94)80-50(20-12-29-77-72(74)75)62(92)86-60(41(2)3)67(97)85-55(71(101)102)35-43-16-8-7-9-17-43/h7-11,16-19,24-27,38-42,50-60,78,90H,6,12-15,20-23,28-37,73H2,1-5H3,(H,76,79)(H,80,94)(H,81,95)(H,82,91)(H,83,93)(H,84,96)(H,85,97)(H,86,92)(H,101,102)(H4,74,75,77)/t42-,50-,51-,52-,53-,54-,55-,56-,57-,58-,59-,60-/m0/s1. The van der Waals surface area contributed by atoms with E-state index in [0.717, 1.165) is 0 Å². The number of likely N-dealkylation sites (tertiary alicyclic amines) is 3. The number of H-pyrrole nitrogens is 2. The Morgan fingerprint density at radius 3 is 1.78 bits per heavy atom. The molecule has 3 saturated heterocycles. The predicted octanol–water partition coefficient (Wildman–Crippen LogP) is 1.15. The van der Waals surface area contributed by atoms with Gasteiger partial charge in [0.15, 0.2) is 5.96 Å². The van der Waals surface area contributed by atoms with Gasteiger partial charge < -0.3 is 89.3 Å². The maximum absolute atomic E-state index is 15.2. The lowest BCUT2D eigenvalue weighted by molar-refractivity contribution is -0.148. The molecule has 3 aromatic carbocycles. The first kappa shape index (κ1) is 78.7. The van der Waals surface area contributed by atoms with Gasteiger partial charge in [-0.1, -0.05) is 94.8 Å². The van der Waals surface area contributed by atoms with E-state index < -0.39 is 132 Å². The lowest BCUT2D eigenvalue weighted by Gasteiger charge is -2.34. The third kappa shape index (κ3) is 21.5. The van der Waals surface area contributed by atoms with Crippen molar-refractivity contribution in [2.24, 2.45) is 34.0 Å². The molecular formula is C72H99N17O13S. The van der Waals surface area contributed by atoms with Crippen molar-refractivity contribution in [2.45, 2.75) is 184 Å². The first-order valence-electron chi connectivity index (χ1n) is 35.3. The summed E-state index contributed by atoms with van der Waals surface area (Å²) in [6, 6.07) is 8.54. The van der Waals surface area contributed by atoms with Gasteiger partial charge in [-0.15, -0.1) is 0 Å². The Balaban J connectivity index is 1.01. The fourth-order valence-electron chi connectivity index (χ4n) is 13.3. The van der Waals surface area contributed by atoms with E-state index in [4.69, 9.17) is 17.2 Å². The number of carboxylic acid groups (broad SMARTS) is 1.